The molecule has 3 heteroatoms. The summed E-state index contributed by atoms with van der Waals surface area (Å²) in [6, 6.07) is 0. The number of unbranched alkanes of at least 4 members (excludes halogenated alkanes) is 7. The molecule has 112 valence electrons. The monoisotopic (exact) mass is 268 g/mol. The first-order valence-electron chi connectivity index (χ1n) is 8.33. The molecule has 0 aliphatic carbocycles. The number of rotatable bonds is 10. The van der Waals surface area contributed by atoms with Gasteiger partial charge in [-0.05, 0) is 32.4 Å². The van der Waals surface area contributed by atoms with E-state index in [0.29, 0.717) is 0 Å². The van der Waals surface area contributed by atoms with Crippen molar-refractivity contribution in [1.82, 2.24) is 10.6 Å². The Morgan fingerprint density at radius 2 is 1.58 bits per heavy atom. The molecule has 1 aliphatic heterocycles. The average molecular weight is 268 g/mol. The van der Waals surface area contributed by atoms with E-state index in [0.717, 1.165) is 38.9 Å². The molecular weight excluding hydrogens is 236 g/mol. The van der Waals surface area contributed by atoms with Crippen molar-refractivity contribution in [3.8, 4) is 0 Å². The van der Waals surface area contributed by atoms with E-state index < -0.39 is 0 Å². The Kier molecular flexibility index (Phi) is 9.78. The Morgan fingerprint density at radius 3 is 2.21 bits per heavy atom. The first-order valence-corrected chi connectivity index (χ1v) is 8.33. The molecule has 1 saturated heterocycles. The minimum absolute atomic E-state index is 0.260. The van der Waals surface area contributed by atoms with E-state index >= 15 is 0 Å². The largest absolute Gasteiger partial charge is 0.356 e. The van der Waals surface area contributed by atoms with Gasteiger partial charge in [0.05, 0.1) is 0 Å². The van der Waals surface area contributed by atoms with Crippen LogP contribution in [-0.4, -0.2) is 25.5 Å². The molecule has 0 radical (unpaired) electrons. The molecule has 0 aromatic heterocycles. The van der Waals surface area contributed by atoms with Gasteiger partial charge >= 0.3 is 0 Å². The second kappa shape index (κ2) is 11.3. The van der Waals surface area contributed by atoms with Crippen LogP contribution in [0.25, 0.3) is 0 Å². The molecule has 0 atom stereocenters. The van der Waals surface area contributed by atoms with Crippen LogP contribution in [0.3, 0.4) is 0 Å². The Balaban J connectivity index is 1.86. The summed E-state index contributed by atoms with van der Waals surface area (Å²) in [5, 5.41) is 6.39. The zero-order chi connectivity index (χ0) is 13.8. The maximum atomic E-state index is 11.9. The quantitative estimate of drug-likeness (QED) is 0.597. The molecule has 1 amide bonds. The van der Waals surface area contributed by atoms with Crippen LogP contribution in [-0.2, 0) is 4.79 Å². The molecule has 0 saturated carbocycles. The van der Waals surface area contributed by atoms with Crippen LogP contribution in [0.2, 0.25) is 0 Å². The molecule has 0 spiro atoms. The summed E-state index contributed by atoms with van der Waals surface area (Å²) in [5.74, 6) is 0.541. The van der Waals surface area contributed by atoms with Crippen LogP contribution in [0.5, 0.6) is 0 Å². The minimum atomic E-state index is 0.260. The lowest BCUT2D eigenvalue weighted by Gasteiger charge is -2.21. The highest BCUT2D eigenvalue weighted by Gasteiger charge is 2.19. The summed E-state index contributed by atoms with van der Waals surface area (Å²) in [7, 11) is 0. The number of piperidine rings is 1. The van der Waals surface area contributed by atoms with Crippen molar-refractivity contribution >= 4 is 5.91 Å². The van der Waals surface area contributed by atoms with Crippen molar-refractivity contribution in [3.05, 3.63) is 0 Å². The van der Waals surface area contributed by atoms with E-state index in [1.54, 1.807) is 0 Å². The number of amides is 1. The standard InChI is InChI=1S/C16H32N2O/c1-2-3-4-5-6-7-8-9-12-18-16(19)15-10-13-17-14-11-15/h15,17H,2-14H2,1H3,(H,18,19). The van der Waals surface area contributed by atoms with Gasteiger partial charge in [0.15, 0.2) is 0 Å². The van der Waals surface area contributed by atoms with Crippen molar-refractivity contribution in [3.63, 3.8) is 0 Å². The second-order valence-corrected chi connectivity index (χ2v) is 5.79. The maximum absolute atomic E-state index is 11.9. The van der Waals surface area contributed by atoms with Gasteiger partial charge in [-0.25, -0.2) is 0 Å². The molecule has 1 heterocycles. The van der Waals surface area contributed by atoms with Crippen molar-refractivity contribution in [1.29, 1.82) is 0 Å². The van der Waals surface area contributed by atoms with E-state index in [2.05, 4.69) is 17.6 Å². The predicted octanol–water partition coefficient (Wildman–Crippen LogP) is 3.24. The molecule has 0 aromatic rings. The third kappa shape index (κ3) is 8.25. The van der Waals surface area contributed by atoms with Gasteiger partial charge in [-0.15, -0.1) is 0 Å². The van der Waals surface area contributed by atoms with Crippen LogP contribution in [0.4, 0.5) is 0 Å². The van der Waals surface area contributed by atoms with Crippen LogP contribution in [0, 0.1) is 5.92 Å². The normalized spacial score (nSPS) is 16.5. The summed E-state index contributed by atoms with van der Waals surface area (Å²) in [6.07, 6.45) is 12.6. The lowest BCUT2D eigenvalue weighted by Crippen LogP contribution is -2.38. The predicted molar refractivity (Wildman–Crippen MR) is 81.2 cm³/mol. The smallest absolute Gasteiger partial charge is 0.223 e. The van der Waals surface area contributed by atoms with Gasteiger partial charge in [-0.3, -0.25) is 4.79 Å². The lowest BCUT2D eigenvalue weighted by molar-refractivity contribution is -0.125. The SMILES string of the molecule is CCCCCCCCCCNC(=O)C1CCNCC1. The first-order chi connectivity index (χ1) is 9.34. The molecule has 1 rings (SSSR count). The Morgan fingerprint density at radius 1 is 1.00 bits per heavy atom. The highest BCUT2D eigenvalue weighted by Crippen LogP contribution is 2.11. The number of hydrogen-bond acceptors (Lipinski definition) is 2. The van der Waals surface area contributed by atoms with Gasteiger partial charge < -0.3 is 10.6 Å². The zero-order valence-electron chi connectivity index (χ0n) is 12.7. The molecule has 3 nitrogen and oxygen atoms in total. The summed E-state index contributed by atoms with van der Waals surface area (Å²) >= 11 is 0. The fraction of sp³-hybridized carbons (Fsp3) is 0.938. The van der Waals surface area contributed by atoms with Crippen LogP contribution < -0.4 is 10.6 Å². The van der Waals surface area contributed by atoms with Crippen molar-refractivity contribution < 1.29 is 4.79 Å². The molecule has 2 N–H and O–H groups in total. The van der Waals surface area contributed by atoms with E-state index in [1.807, 2.05) is 0 Å². The van der Waals surface area contributed by atoms with E-state index in [1.165, 1.54) is 44.9 Å². The van der Waals surface area contributed by atoms with Crippen molar-refractivity contribution in [2.75, 3.05) is 19.6 Å². The average Bonchev–Trinajstić information content (AvgIpc) is 2.46. The second-order valence-electron chi connectivity index (χ2n) is 5.79. The topological polar surface area (TPSA) is 41.1 Å². The third-order valence-electron chi connectivity index (χ3n) is 4.04. The third-order valence-corrected chi connectivity index (χ3v) is 4.04. The molecule has 1 fully saturated rings. The summed E-state index contributed by atoms with van der Waals surface area (Å²) < 4.78 is 0. The molecule has 19 heavy (non-hydrogen) atoms. The highest BCUT2D eigenvalue weighted by atomic mass is 16.1. The van der Waals surface area contributed by atoms with Gasteiger partial charge in [-0.2, -0.15) is 0 Å². The number of nitrogens with one attached hydrogen (secondary N) is 2. The molecule has 0 unspecified atom stereocenters. The van der Waals surface area contributed by atoms with Crippen LogP contribution in [0.1, 0.15) is 71.1 Å². The minimum Gasteiger partial charge on any atom is -0.356 e. The van der Waals surface area contributed by atoms with Gasteiger partial charge in [0.1, 0.15) is 0 Å². The fourth-order valence-electron chi connectivity index (χ4n) is 2.70. The van der Waals surface area contributed by atoms with Crippen LogP contribution in [0.15, 0.2) is 0 Å². The fourth-order valence-corrected chi connectivity index (χ4v) is 2.70. The first kappa shape index (κ1) is 16.5. The number of hydrogen-bond donors (Lipinski definition) is 2. The molecular formula is C16H32N2O. The van der Waals surface area contributed by atoms with Gasteiger partial charge in [0.25, 0.3) is 0 Å². The zero-order valence-corrected chi connectivity index (χ0v) is 12.7. The molecule has 1 aliphatic rings. The summed E-state index contributed by atoms with van der Waals surface area (Å²) in [6.45, 7) is 5.12. The van der Waals surface area contributed by atoms with Gasteiger partial charge in [-0.1, -0.05) is 51.9 Å². The maximum Gasteiger partial charge on any atom is 0.223 e. The van der Waals surface area contributed by atoms with E-state index in [-0.39, 0.29) is 11.8 Å². The van der Waals surface area contributed by atoms with Crippen molar-refractivity contribution in [2.45, 2.75) is 71.1 Å². The number of carbonyl (C=O) groups is 1. The molecule has 0 aromatic carbocycles. The Hall–Kier alpha value is -0.570. The van der Waals surface area contributed by atoms with Crippen LogP contribution >= 0.6 is 0 Å². The van der Waals surface area contributed by atoms with Gasteiger partial charge in [0.2, 0.25) is 5.91 Å². The van der Waals surface area contributed by atoms with Crippen molar-refractivity contribution in [2.24, 2.45) is 5.92 Å². The highest BCUT2D eigenvalue weighted by molar-refractivity contribution is 5.78. The lowest BCUT2D eigenvalue weighted by atomic mass is 9.97. The summed E-state index contributed by atoms with van der Waals surface area (Å²) in [4.78, 5) is 11.9. The Labute approximate surface area is 118 Å². The van der Waals surface area contributed by atoms with E-state index in [9.17, 15) is 4.79 Å². The Bertz CT molecular complexity index is 225. The molecule has 0 bridgehead atoms. The van der Waals surface area contributed by atoms with Gasteiger partial charge in [0, 0.05) is 12.5 Å². The summed E-state index contributed by atoms with van der Waals surface area (Å²) in [5.41, 5.74) is 0. The van der Waals surface area contributed by atoms with E-state index in [4.69, 9.17) is 0 Å². The number of carbonyl (C=O) groups excluding carboxylic acids is 1.